The Morgan fingerprint density at radius 2 is 1.57 bits per heavy atom. The maximum Gasteiger partial charge on any atom is -0.109 e. The molecule has 0 saturated heterocycles. The molecule has 0 radical (unpaired) electrons. The van der Waals surface area contributed by atoms with Gasteiger partial charge in [-0.25, -0.2) is 12.2 Å². The van der Waals surface area contributed by atoms with Crippen LogP contribution in [0.3, 0.4) is 0 Å². The number of halogens is 2. The van der Waals surface area contributed by atoms with Crippen LogP contribution in [0.15, 0.2) is 48.6 Å². The van der Waals surface area contributed by atoms with Crippen molar-refractivity contribution in [3.8, 4) is 11.1 Å². The first kappa shape index (κ1) is 29.3. The molecule has 0 heterocycles. The van der Waals surface area contributed by atoms with Gasteiger partial charge in [-0.05, 0) is 29.4 Å². The Balaban J connectivity index is 0.000000645. The summed E-state index contributed by atoms with van der Waals surface area (Å²) in [5.41, 5.74) is 8.41. The first-order valence-corrected chi connectivity index (χ1v) is 11.4. The molecule has 2 aliphatic rings. The monoisotopic (exact) mass is 518 g/mol. The van der Waals surface area contributed by atoms with Gasteiger partial charge in [0.1, 0.15) is 0 Å². The minimum absolute atomic E-state index is 0. The molecule has 0 saturated carbocycles. The summed E-state index contributed by atoms with van der Waals surface area (Å²) in [5.74, 6) is 1.16. The van der Waals surface area contributed by atoms with E-state index in [1.165, 1.54) is 36.6 Å². The van der Waals surface area contributed by atoms with Gasteiger partial charge >= 0.3 is 41.3 Å². The van der Waals surface area contributed by atoms with Gasteiger partial charge in [0.05, 0.1) is 0 Å². The summed E-state index contributed by atoms with van der Waals surface area (Å²) >= 11 is 1.55. The molecule has 0 atom stereocenters. The van der Waals surface area contributed by atoms with E-state index in [1.807, 2.05) is 12.2 Å². The summed E-state index contributed by atoms with van der Waals surface area (Å²) in [5, 5.41) is 0. The fourth-order valence-electron chi connectivity index (χ4n) is 3.20. The van der Waals surface area contributed by atoms with E-state index in [0.717, 1.165) is 12.8 Å². The quantitative estimate of drug-likeness (QED) is 0.299. The zero-order valence-electron chi connectivity index (χ0n) is 19.0. The molecule has 2 aromatic rings. The topological polar surface area (TPSA) is 0 Å². The Hall–Kier alpha value is -0.747. The van der Waals surface area contributed by atoms with Crippen molar-refractivity contribution < 1.29 is 24.2 Å². The van der Waals surface area contributed by atoms with E-state index in [1.54, 1.807) is 24.2 Å². The summed E-state index contributed by atoms with van der Waals surface area (Å²) in [4.78, 5) is 0. The molecule has 0 bridgehead atoms. The minimum Gasteiger partial charge on any atom is -0.273 e. The second kappa shape index (κ2) is 14.3. The number of rotatable bonds is 2. The molecule has 0 aromatic heterocycles. The summed E-state index contributed by atoms with van der Waals surface area (Å²) in [6.07, 6.45) is 11.0. The van der Waals surface area contributed by atoms with Crippen LogP contribution in [-0.4, -0.2) is 3.21 Å². The van der Waals surface area contributed by atoms with Crippen molar-refractivity contribution >= 4 is 28.0 Å². The third-order valence-electron chi connectivity index (χ3n) is 4.71. The van der Waals surface area contributed by atoms with E-state index in [-0.39, 0.29) is 24.8 Å². The smallest absolute Gasteiger partial charge is 0.109 e. The second-order valence-electron chi connectivity index (χ2n) is 8.21. The van der Waals surface area contributed by atoms with Crippen molar-refractivity contribution in [3.63, 3.8) is 0 Å². The Morgan fingerprint density at radius 1 is 0.933 bits per heavy atom. The molecule has 0 aliphatic heterocycles. The normalized spacial score (nSPS) is 12.1. The third-order valence-corrected chi connectivity index (χ3v) is 4.71. The maximum absolute atomic E-state index is 3.62. The van der Waals surface area contributed by atoms with Crippen LogP contribution < -0.4 is 0 Å². The van der Waals surface area contributed by atoms with Gasteiger partial charge in [0.2, 0.25) is 0 Å². The molecule has 0 amide bonds. The predicted molar refractivity (Wildman–Crippen MR) is 134 cm³/mol. The van der Waals surface area contributed by atoms with Crippen LogP contribution in [-0.2, 0) is 30.7 Å². The summed E-state index contributed by atoms with van der Waals surface area (Å²) in [6, 6.07) is 15.1. The van der Waals surface area contributed by atoms with E-state index < -0.39 is 0 Å². The van der Waals surface area contributed by atoms with Crippen molar-refractivity contribution in [2.24, 2.45) is 0 Å². The Labute approximate surface area is 211 Å². The second-order valence-corrected chi connectivity index (χ2v) is 10.7. The molecule has 0 N–H and O–H groups in total. The van der Waals surface area contributed by atoms with E-state index >= 15 is 0 Å². The van der Waals surface area contributed by atoms with Crippen molar-refractivity contribution in [3.05, 3.63) is 83.0 Å². The number of allylic oxidation sites excluding steroid dienone is 4. The van der Waals surface area contributed by atoms with Crippen LogP contribution in [0.1, 0.15) is 82.1 Å². The van der Waals surface area contributed by atoms with Crippen molar-refractivity contribution in [1.82, 2.24) is 0 Å². The van der Waals surface area contributed by atoms with Crippen LogP contribution in [0.25, 0.3) is 11.1 Å². The number of fused-ring (bicyclic) bond motifs is 3. The SMILES string of the molecule is CC(C)c1[c-]c2c(cc1)-c1ccc(C(C)C)cc1C2.C[C](C)=[Zr+2].Cl.Cl.[C-]1=CC=CC1. The molecule has 0 unspecified atom stereocenters. The molecule has 30 heavy (non-hydrogen) atoms. The Kier molecular flexibility index (Phi) is 14.0. The average Bonchev–Trinajstić information content (AvgIpc) is 3.31. The molecule has 4 rings (SSSR count). The van der Waals surface area contributed by atoms with Gasteiger partial charge < -0.3 is 0 Å². The van der Waals surface area contributed by atoms with E-state index in [9.17, 15) is 0 Å². The third kappa shape index (κ3) is 8.78. The summed E-state index contributed by atoms with van der Waals surface area (Å²) < 4.78 is 1.51. The van der Waals surface area contributed by atoms with E-state index in [0.29, 0.717) is 11.8 Å². The summed E-state index contributed by atoms with van der Waals surface area (Å²) in [6.45, 7) is 13.2. The fraction of sp³-hybridized carbons (Fsp3) is 0.370. The molecular weight excluding hydrogens is 486 g/mol. The van der Waals surface area contributed by atoms with Crippen LogP contribution in [0.4, 0.5) is 0 Å². The molecule has 0 spiro atoms. The number of hydrogen-bond donors (Lipinski definition) is 0. The van der Waals surface area contributed by atoms with Crippen LogP contribution in [0, 0.1) is 12.1 Å². The van der Waals surface area contributed by atoms with Crippen LogP contribution >= 0.6 is 24.8 Å². The van der Waals surface area contributed by atoms with Gasteiger partial charge in [-0.1, -0.05) is 51.5 Å². The maximum atomic E-state index is 3.62. The average molecular weight is 521 g/mol. The fourth-order valence-corrected chi connectivity index (χ4v) is 3.20. The van der Waals surface area contributed by atoms with Crippen molar-refractivity contribution in [2.45, 2.75) is 66.2 Å². The first-order valence-electron chi connectivity index (χ1n) is 10.2. The molecular formula is C27H34Cl2Zr. The number of benzene rings is 2. The molecule has 2 aliphatic carbocycles. The van der Waals surface area contributed by atoms with Gasteiger partial charge in [0.25, 0.3) is 0 Å². The van der Waals surface area contributed by atoms with E-state index in [4.69, 9.17) is 0 Å². The molecule has 0 nitrogen and oxygen atoms in total. The van der Waals surface area contributed by atoms with Crippen molar-refractivity contribution in [1.29, 1.82) is 0 Å². The molecule has 2 aromatic carbocycles. The van der Waals surface area contributed by atoms with E-state index in [2.05, 4.69) is 90.1 Å². The number of hydrogen-bond acceptors (Lipinski definition) is 0. The minimum atomic E-state index is 0. The van der Waals surface area contributed by atoms with Gasteiger partial charge in [-0.2, -0.15) is 29.8 Å². The Bertz CT molecular complexity index is 807. The van der Waals surface area contributed by atoms with Gasteiger partial charge in [-0.15, -0.1) is 42.4 Å². The summed E-state index contributed by atoms with van der Waals surface area (Å²) in [7, 11) is 0. The first-order chi connectivity index (χ1) is 13.3. The van der Waals surface area contributed by atoms with Gasteiger partial charge in [0, 0.05) is 0 Å². The Morgan fingerprint density at radius 3 is 2.03 bits per heavy atom. The standard InChI is InChI=1S/C19H21.C5H5.C3H6.2ClH.Zr/c1-12(2)14-5-7-18-16(9-14)11-17-10-15(13(3)4)6-8-19(17)18;1-2-4-5-3-1;1-3-2;;;/h5-9,12-13H,11H2,1-4H3;1-3H,4H2;1-2H3;2*1H;/q2*-1;;;;+2. The molecule has 160 valence electrons. The van der Waals surface area contributed by atoms with Crippen LogP contribution in [0.2, 0.25) is 0 Å². The predicted octanol–water partition coefficient (Wildman–Crippen LogP) is 8.20. The van der Waals surface area contributed by atoms with Crippen LogP contribution in [0.5, 0.6) is 0 Å². The molecule has 3 heteroatoms. The zero-order chi connectivity index (χ0) is 20.7. The van der Waals surface area contributed by atoms with Crippen molar-refractivity contribution in [2.75, 3.05) is 0 Å². The zero-order valence-corrected chi connectivity index (χ0v) is 23.1. The largest absolute Gasteiger partial charge is 0.273 e. The van der Waals surface area contributed by atoms with Gasteiger partial charge in [0.15, 0.2) is 0 Å². The molecule has 0 fully saturated rings. The van der Waals surface area contributed by atoms with Gasteiger partial charge in [-0.3, -0.25) is 6.08 Å².